The van der Waals surface area contributed by atoms with Crippen LogP contribution in [-0.4, -0.2) is 43.1 Å². The van der Waals surface area contributed by atoms with Crippen molar-refractivity contribution in [3.63, 3.8) is 0 Å². The van der Waals surface area contributed by atoms with E-state index in [-0.39, 0.29) is 5.91 Å². The Hall–Kier alpha value is -2.34. The van der Waals surface area contributed by atoms with E-state index in [1.807, 2.05) is 19.0 Å². The molecule has 0 unspecified atom stereocenters. The van der Waals surface area contributed by atoms with Gasteiger partial charge in [0.25, 0.3) is 5.91 Å². The number of hydrogen-bond donors (Lipinski definition) is 1. The van der Waals surface area contributed by atoms with Gasteiger partial charge in [-0.2, -0.15) is 4.98 Å². The van der Waals surface area contributed by atoms with Crippen LogP contribution in [0.2, 0.25) is 5.02 Å². The molecule has 6 nitrogen and oxygen atoms in total. The van der Waals surface area contributed by atoms with E-state index in [0.29, 0.717) is 28.0 Å². The maximum absolute atomic E-state index is 12.5. The van der Waals surface area contributed by atoms with Gasteiger partial charge in [-0.1, -0.05) is 23.7 Å². The van der Waals surface area contributed by atoms with Crippen LogP contribution in [0.5, 0.6) is 0 Å². The fourth-order valence-electron chi connectivity index (χ4n) is 2.70. The van der Waals surface area contributed by atoms with Crippen molar-refractivity contribution in [2.24, 2.45) is 0 Å². The molecule has 1 amide bonds. The summed E-state index contributed by atoms with van der Waals surface area (Å²) in [5.41, 5.74) is 0.986. The molecule has 1 fully saturated rings. The predicted octanol–water partition coefficient (Wildman–Crippen LogP) is 3.05. The van der Waals surface area contributed by atoms with Gasteiger partial charge in [0, 0.05) is 27.2 Å². The number of benzene rings is 1. The van der Waals surface area contributed by atoms with Gasteiger partial charge in [0.15, 0.2) is 5.82 Å². The zero-order valence-corrected chi connectivity index (χ0v) is 14.5. The summed E-state index contributed by atoms with van der Waals surface area (Å²) in [7, 11) is 3.78. The Morgan fingerprint density at radius 3 is 2.62 bits per heavy atom. The molecule has 2 heterocycles. The van der Waals surface area contributed by atoms with Gasteiger partial charge in [0.1, 0.15) is 5.69 Å². The van der Waals surface area contributed by atoms with Crippen LogP contribution in [0, 0.1) is 0 Å². The van der Waals surface area contributed by atoms with Crippen LogP contribution in [0.15, 0.2) is 30.5 Å². The lowest BCUT2D eigenvalue weighted by Crippen LogP contribution is -2.23. The lowest BCUT2D eigenvalue weighted by molar-refractivity contribution is 0.102. The summed E-state index contributed by atoms with van der Waals surface area (Å²) in [6, 6.07) is 6.95. The number of nitrogens with zero attached hydrogens (tertiary/aromatic N) is 4. The highest BCUT2D eigenvalue weighted by atomic mass is 35.5. The molecule has 1 saturated heterocycles. The van der Waals surface area contributed by atoms with Crippen LogP contribution in [0.1, 0.15) is 23.2 Å². The van der Waals surface area contributed by atoms with Crippen LogP contribution in [0.4, 0.5) is 17.5 Å². The van der Waals surface area contributed by atoms with Gasteiger partial charge < -0.3 is 15.1 Å². The molecule has 0 bridgehead atoms. The third-order valence-electron chi connectivity index (χ3n) is 3.94. The summed E-state index contributed by atoms with van der Waals surface area (Å²) in [5.74, 6) is 1.10. The molecule has 7 heteroatoms. The van der Waals surface area contributed by atoms with Crippen LogP contribution >= 0.6 is 11.6 Å². The van der Waals surface area contributed by atoms with E-state index in [4.69, 9.17) is 11.6 Å². The second kappa shape index (κ2) is 7.05. The van der Waals surface area contributed by atoms with Gasteiger partial charge in [0.2, 0.25) is 5.95 Å². The molecule has 1 aromatic carbocycles. The first-order valence-corrected chi connectivity index (χ1v) is 8.29. The second-order valence-electron chi connectivity index (χ2n) is 5.93. The lowest BCUT2D eigenvalue weighted by Gasteiger charge is -2.21. The van der Waals surface area contributed by atoms with Gasteiger partial charge >= 0.3 is 0 Å². The molecule has 0 radical (unpaired) electrons. The predicted molar refractivity (Wildman–Crippen MR) is 97.2 cm³/mol. The molecule has 126 valence electrons. The smallest absolute Gasteiger partial charge is 0.257 e. The van der Waals surface area contributed by atoms with Crippen molar-refractivity contribution in [3.05, 3.63) is 41.0 Å². The zero-order valence-electron chi connectivity index (χ0n) is 13.8. The van der Waals surface area contributed by atoms with Crippen LogP contribution in [-0.2, 0) is 0 Å². The van der Waals surface area contributed by atoms with Gasteiger partial charge in [-0.25, -0.2) is 4.98 Å². The highest BCUT2D eigenvalue weighted by Gasteiger charge is 2.19. The minimum Gasteiger partial charge on any atom is -0.361 e. The van der Waals surface area contributed by atoms with Gasteiger partial charge in [-0.3, -0.25) is 4.79 Å². The monoisotopic (exact) mass is 345 g/mol. The van der Waals surface area contributed by atoms with Gasteiger partial charge in [-0.05, 0) is 25.0 Å². The average Bonchev–Trinajstić information content (AvgIpc) is 3.09. The lowest BCUT2D eigenvalue weighted by atomic mass is 10.2. The first-order chi connectivity index (χ1) is 11.6. The molecule has 1 aliphatic heterocycles. The van der Waals surface area contributed by atoms with Crippen LogP contribution in [0.25, 0.3) is 0 Å². The molecule has 0 atom stereocenters. The van der Waals surface area contributed by atoms with E-state index in [2.05, 4.69) is 20.2 Å². The van der Waals surface area contributed by atoms with Crippen LogP contribution < -0.4 is 15.1 Å². The molecular formula is C17H20ClN5O. The molecule has 24 heavy (non-hydrogen) atoms. The van der Waals surface area contributed by atoms with Crippen molar-refractivity contribution in [1.29, 1.82) is 0 Å². The summed E-state index contributed by atoms with van der Waals surface area (Å²) in [4.78, 5) is 25.5. The van der Waals surface area contributed by atoms with E-state index in [0.717, 1.165) is 25.9 Å². The van der Waals surface area contributed by atoms with Crippen molar-refractivity contribution in [2.45, 2.75) is 12.8 Å². The van der Waals surface area contributed by atoms with Crippen molar-refractivity contribution < 1.29 is 4.79 Å². The topological polar surface area (TPSA) is 61.4 Å². The highest BCUT2D eigenvalue weighted by Crippen LogP contribution is 2.26. The summed E-state index contributed by atoms with van der Waals surface area (Å²) in [5, 5.41) is 3.27. The van der Waals surface area contributed by atoms with Crippen molar-refractivity contribution in [3.8, 4) is 0 Å². The molecule has 2 aromatic rings. The number of carbonyl (C=O) groups excluding carboxylic acids is 1. The molecule has 0 saturated carbocycles. The Morgan fingerprint density at radius 2 is 1.96 bits per heavy atom. The van der Waals surface area contributed by atoms with Gasteiger partial charge in [0.05, 0.1) is 16.8 Å². The third kappa shape index (κ3) is 3.43. The number of rotatable bonds is 4. The molecule has 0 aliphatic carbocycles. The third-order valence-corrected chi connectivity index (χ3v) is 4.26. The fraction of sp³-hybridized carbons (Fsp3) is 0.353. The van der Waals surface area contributed by atoms with Crippen LogP contribution in [0.3, 0.4) is 0 Å². The quantitative estimate of drug-likeness (QED) is 0.922. The largest absolute Gasteiger partial charge is 0.361 e. The van der Waals surface area contributed by atoms with E-state index < -0.39 is 0 Å². The molecular weight excluding hydrogens is 326 g/mol. The number of hydrogen-bond acceptors (Lipinski definition) is 5. The zero-order chi connectivity index (χ0) is 17.1. The molecule has 1 N–H and O–H groups in total. The Balaban J connectivity index is 1.87. The van der Waals surface area contributed by atoms with E-state index in [1.165, 1.54) is 0 Å². The number of nitrogens with one attached hydrogen (secondary N) is 1. The van der Waals surface area contributed by atoms with Crippen molar-refractivity contribution >= 4 is 35.0 Å². The SMILES string of the molecule is CN(C)c1nc(N2CCCC2)ncc1NC(=O)c1ccccc1Cl. The van der Waals surface area contributed by atoms with E-state index in [1.54, 1.807) is 30.5 Å². The first-order valence-electron chi connectivity index (χ1n) is 7.91. The average molecular weight is 346 g/mol. The number of carbonyl (C=O) groups is 1. The molecule has 1 aromatic heterocycles. The number of aromatic nitrogens is 2. The number of amides is 1. The normalized spacial score (nSPS) is 13.9. The van der Waals surface area contributed by atoms with E-state index >= 15 is 0 Å². The molecule has 0 spiro atoms. The molecule has 1 aliphatic rings. The highest BCUT2D eigenvalue weighted by molar-refractivity contribution is 6.34. The summed E-state index contributed by atoms with van der Waals surface area (Å²) in [6.45, 7) is 1.94. The number of halogens is 1. The van der Waals surface area contributed by atoms with Gasteiger partial charge in [-0.15, -0.1) is 0 Å². The maximum Gasteiger partial charge on any atom is 0.257 e. The summed E-state index contributed by atoms with van der Waals surface area (Å²) < 4.78 is 0. The summed E-state index contributed by atoms with van der Waals surface area (Å²) >= 11 is 6.09. The first kappa shape index (κ1) is 16.5. The Labute approximate surface area is 146 Å². The Morgan fingerprint density at radius 1 is 1.25 bits per heavy atom. The Bertz CT molecular complexity index is 744. The number of anilines is 3. The standard InChI is InChI=1S/C17H20ClN5O/c1-22(2)15-14(11-19-17(21-15)23-9-5-6-10-23)20-16(24)12-7-3-4-8-13(12)18/h3-4,7-8,11H,5-6,9-10H2,1-2H3,(H,20,24). The van der Waals surface area contributed by atoms with E-state index in [9.17, 15) is 4.79 Å². The minimum absolute atomic E-state index is 0.277. The fourth-order valence-corrected chi connectivity index (χ4v) is 2.92. The Kier molecular flexibility index (Phi) is 4.85. The van der Waals surface area contributed by atoms with Crippen molar-refractivity contribution in [2.75, 3.05) is 42.3 Å². The van der Waals surface area contributed by atoms with Crippen molar-refractivity contribution in [1.82, 2.24) is 9.97 Å². The molecule has 3 rings (SSSR count). The second-order valence-corrected chi connectivity index (χ2v) is 6.34. The summed E-state index contributed by atoms with van der Waals surface area (Å²) in [6.07, 6.45) is 3.97. The maximum atomic E-state index is 12.5. The minimum atomic E-state index is -0.277.